The van der Waals surface area contributed by atoms with Gasteiger partial charge in [0, 0.05) is 28.2 Å². The molecule has 62 heavy (non-hydrogen) atoms. The highest BCUT2D eigenvalue weighted by Crippen LogP contribution is 2.56. The van der Waals surface area contributed by atoms with Gasteiger partial charge in [0.2, 0.25) is 0 Å². The molecule has 0 unspecified atom stereocenters. The molecule has 0 spiro atoms. The van der Waals surface area contributed by atoms with Gasteiger partial charge in [-0.1, -0.05) is 143 Å². The molecule has 0 aromatic heterocycles. The summed E-state index contributed by atoms with van der Waals surface area (Å²) in [6.45, 7) is 34.2. The normalized spacial score (nSPS) is 13.2. The van der Waals surface area contributed by atoms with Gasteiger partial charge in [-0.3, -0.25) is 0 Å². The topological polar surface area (TPSA) is 6.48 Å². The van der Waals surface area contributed by atoms with Gasteiger partial charge >= 0.3 is 0 Å². The van der Waals surface area contributed by atoms with Gasteiger partial charge in [-0.15, -0.1) is 0 Å². The van der Waals surface area contributed by atoms with Crippen LogP contribution in [-0.2, 0) is 16.2 Å². The van der Waals surface area contributed by atoms with Gasteiger partial charge in [-0.25, -0.2) is 0 Å². The zero-order valence-corrected chi connectivity index (χ0v) is 40.0. The summed E-state index contributed by atoms with van der Waals surface area (Å²) in [5.41, 5.74) is 26.2. The summed E-state index contributed by atoms with van der Waals surface area (Å²) < 4.78 is 0. The number of anilines is 6. The Bertz CT molecular complexity index is 2600. The first-order valence-electron chi connectivity index (χ1n) is 22.5. The minimum Gasteiger partial charge on any atom is -0.310 e. The van der Waals surface area contributed by atoms with Crippen LogP contribution in [-0.4, -0.2) is 0 Å². The minimum atomic E-state index is -0.439. The summed E-state index contributed by atoms with van der Waals surface area (Å²) in [7, 11) is 0. The zero-order valence-electron chi connectivity index (χ0n) is 40.0. The van der Waals surface area contributed by atoms with Crippen molar-refractivity contribution < 1.29 is 0 Å². The molecule has 0 N–H and O–H groups in total. The molecule has 2 nitrogen and oxygen atoms in total. The van der Waals surface area contributed by atoms with Gasteiger partial charge in [0.15, 0.2) is 0 Å². The molecule has 0 amide bonds. The second-order valence-electron chi connectivity index (χ2n) is 20.7. The van der Waals surface area contributed by atoms with Crippen LogP contribution >= 0.6 is 0 Å². The third-order valence-electron chi connectivity index (χ3n) is 13.4. The fourth-order valence-electron chi connectivity index (χ4n) is 10.0. The van der Waals surface area contributed by atoms with Crippen molar-refractivity contribution in [2.75, 3.05) is 9.80 Å². The highest BCUT2D eigenvalue weighted by atomic mass is 15.2. The monoisotopic (exact) mass is 815 g/mol. The Morgan fingerprint density at radius 1 is 0.355 bits per heavy atom. The van der Waals surface area contributed by atoms with Crippen LogP contribution in [0.4, 0.5) is 34.1 Å². The molecule has 0 fully saturated rings. The first-order chi connectivity index (χ1) is 29.1. The van der Waals surface area contributed by atoms with Crippen LogP contribution in [0, 0.1) is 55.4 Å². The lowest BCUT2D eigenvalue weighted by molar-refractivity contribution is 0.589. The van der Waals surface area contributed by atoms with E-state index in [1.54, 1.807) is 0 Å². The molecule has 7 aromatic carbocycles. The fraction of sp³-hybridized carbons (Fsp3) is 0.300. The predicted octanol–water partition coefficient (Wildman–Crippen LogP) is 17.0. The standard InChI is InChI=1S/C60H66N2/c1-37-16-20-48(21-17-37)61(56-41(5)31-45(32-42(56)6)58(9,10)11)50-24-26-52-53-27-25-51(36-55(53)60(15,54(52)35-50)47-29-39(3)28-40(4)30-47)62(49-22-18-38(2)19-23-49)57-43(7)33-46(34-44(57)8)59(12,13)14/h16-36H,1-15H3. The second-order valence-corrected chi connectivity index (χ2v) is 20.7. The van der Waals surface area contributed by atoms with E-state index in [4.69, 9.17) is 0 Å². The highest BCUT2D eigenvalue weighted by molar-refractivity contribution is 5.91. The molecule has 8 rings (SSSR count). The lowest BCUT2D eigenvalue weighted by atomic mass is 9.73. The maximum Gasteiger partial charge on any atom is 0.0520 e. The van der Waals surface area contributed by atoms with Crippen molar-refractivity contribution in [1.29, 1.82) is 0 Å². The Labute approximate surface area is 373 Å². The second kappa shape index (κ2) is 15.5. The number of benzene rings is 7. The van der Waals surface area contributed by atoms with E-state index in [0.717, 1.165) is 22.7 Å². The predicted molar refractivity (Wildman–Crippen MR) is 269 cm³/mol. The van der Waals surface area contributed by atoms with Crippen LogP contribution in [0.25, 0.3) is 11.1 Å². The van der Waals surface area contributed by atoms with E-state index >= 15 is 0 Å². The van der Waals surface area contributed by atoms with Crippen LogP contribution in [0.5, 0.6) is 0 Å². The van der Waals surface area contributed by atoms with Crippen LogP contribution in [0.2, 0.25) is 0 Å². The highest BCUT2D eigenvalue weighted by Gasteiger charge is 2.42. The quantitative estimate of drug-likeness (QED) is 0.158. The Morgan fingerprint density at radius 2 is 0.677 bits per heavy atom. The Morgan fingerprint density at radius 3 is 1.00 bits per heavy atom. The van der Waals surface area contributed by atoms with Crippen molar-refractivity contribution >= 4 is 34.1 Å². The Balaban J connectivity index is 1.38. The van der Waals surface area contributed by atoms with E-state index in [2.05, 4.69) is 241 Å². The summed E-state index contributed by atoms with van der Waals surface area (Å²) in [4.78, 5) is 5.00. The van der Waals surface area contributed by atoms with Gasteiger partial charge < -0.3 is 9.80 Å². The average molecular weight is 815 g/mol. The Hall–Kier alpha value is -5.86. The molecule has 0 bridgehead atoms. The van der Waals surface area contributed by atoms with Crippen molar-refractivity contribution in [3.05, 3.63) is 200 Å². The van der Waals surface area contributed by atoms with Gasteiger partial charge in [0.1, 0.15) is 0 Å². The summed E-state index contributed by atoms with van der Waals surface area (Å²) in [6, 6.07) is 49.3. The van der Waals surface area contributed by atoms with Crippen LogP contribution in [0.3, 0.4) is 0 Å². The van der Waals surface area contributed by atoms with Crippen molar-refractivity contribution in [2.45, 2.75) is 120 Å². The number of hydrogen-bond donors (Lipinski definition) is 0. The van der Waals surface area contributed by atoms with Crippen molar-refractivity contribution in [2.24, 2.45) is 0 Å². The third kappa shape index (κ3) is 7.57. The largest absolute Gasteiger partial charge is 0.310 e. The Kier molecular flexibility index (Phi) is 10.7. The molecule has 0 saturated heterocycles. The maximum absolute atomic E-state index is 2.50. The smallest absolute Gasteiger partial charge is 0.0520 e. The molecule has 1 aliphatic carbocycles. The molecule has 316 valence electrons. The van der Waals surface area contributed by atoms with Gasteiger partial charge in [0.05, 0.1) is 11.4 Å². The molecule has 0 heterocycles. The lowest BCUT2D eigenvalue weighted by Crippen LogP contribution is -2.24. The van der Waals surface area contributed by atoms with Crippen LogP contribution in [0.15, 0.2) is 127 Å². The molecule has 2 heteroatoms. The summed E-state index contributed by atoms with van der Waals surface area (Å²) >= 11 is 0. The minimum absolute atomic E-state index is 0.0526. The van der Waals surface area contributed by atoms with Crippen LogP contribution in [0.1, 0.15) is 121 Å². The summed E-state index contributed by atoms with van der Waals surface area (Å²) in [5, 5.41) is 0. The lowest BCUT2D eigenvalue weighted by Gasteiger charge is -2.34. The summed E-state index contributed by atoms with van der Waals surface area (Å²) in [5.74, 6) is 0. The maximum atomic E-state index is 2.50. The molecule has 1 aliphatic rings. The fourth-order valence-corrected chi connectivity index (χ4v) is 10.0. The number of aryl methyl sites for hydroxylation is 8. The molecule has 0 saturated carbocycles. The van der Waals surface area contributed by atoms with Crippen LogP contribution < -0.4 is 9.80 Å². The SMILES string of the molecule is Cc1ccc(N(c2ccc3c(c2)C(C)(c2cc(C)cc(C)c2)c2cc(N(c4ccc(C)cc4)c4c(C)cc(C(C)(C)C)cc4C)ccc2-3)c2c(C)cc(C(C)(C)C)cc2C)cc1. The van der Waals surface area contributed by atoms with E-state index in [0.29, 0.717) is 0 Å². The van der Waals surface area contributed by atoms with E-state index < -0.39 is 5.41 Å². The average Bonchev–Trinajstić information content (AvgIpc) is 3.44. The van der Waals surface area contributed by atoms with E-state index in [1.807, 2.05) is 0 Å². The molecular formula is C60H66N2. The van der Waals surface area contributed by atoms with E-state index in [1.165, 1.54) is 94.8 Å². The molecule has 0 atom stereocenters. The number of hydrogen-bond acceptors (Lipinski definition) is 2. The van der Waals surface area contributed by atoms with Gasteiger partial charge in [-0.05, 0) is 183 Å². The molecule has 0 radical (unpaired) electrons. The molecule has 0 aliphatic heterocycles. The van der Waals surface area contributed by atoms with Gasteiger partial charge in [-0.2, -0.15) is 0 Å². The summed E-state index contributed by atoms with van der Waals surface area (Å²) in [6.07, 6.45) is 0. The number of rotatable bonds is 7. The van der Waals surface area contributed by atoms with E-state index in [-0.39, 0.29) is 10.8 Å². The third-order valence-corrected chi connectivity index (χ3v) is 13.4. The van der Waals surface area contributed by atoms with Gasteiger partial charge in [0.25, 0.3) is 0 Å². The van der Waals surface area contributed by atoms with Crippen molar-refractivity contribution in [3.63, 3.8) is 0 Å². The first kappa shape index (κ1) is 42.8. The molecular weight excluding hydrogens is 749 g/mol. The molecule has 7 aromatic rings. The zero-order chi connectivity index (χ0) is 44.6. The van der Waals surface area contributed by atoms with Crippen molar-refractivity contribution in [1.82, 2.24) is 0 Å². The number of nitrogens with zero attached hydrogens (tertiary/aromatic N) is 2. The first-order valence-corrected chi connectivity index (χ1v) is 22.5. The van der Waals surface area contributed by atoms with E-state index in [9.17, 15) is 0 Å². The number of fused-ring (bicyclic) bond motifs is 3. The van der Waals surface area contributed by atoms with Crippen molar-refractivity contribution in [3.8, 4) is 11.1 Å².